The number of nitrogens with zero attached hydrogens (tertiary/aromatic N) is 2. The number of aromatic nitrogens is 1. The van der Waals surface area contributed by atoms with Gasteiger partial charge in [-0.05, 0) is 43.7 Å². The Balaban J connectivity index is 1.48. The predicted octanol–water partition coefficient (Wildman–Crippen LogP) is 3.14. The van der Waals surface area contributed by atoms with E-state index in [0.717, 1.165) is 31.7 Å². The lowest BCUT2D eigenvalue weighted by Crippen LogP contribution is -2.43. The maximum atomic E-state index is 13.0. The maximum Gasteiger partial charge on any atom is 0.421 e. The normalized spacial score (nSPS) is 20.2. The number of pyridine rings is 1. The number of piperidine rings is 1. The second kappa shape index (κ2) is 8.24. The molecule has 3 rings (SSSR count). The van der Waals surface area contributed by atoms with Gasteiger partial charge in [0.15, 0.2) is 0 Å². The standard InChI is InChI=1S/C18H23F3N2O3/c19-18(20,21)15-2-1-7-22-16(15)26-12-13-3-8-23(9-4-13)17(24)14-5-10-25-11-6-14/h1-2,7,13-14H,3-6,8-12H2. The maximum absolute atomic E-state index is 13.0. The van der Waals surface area contributed by atoms with Crippen LogP contribution in [0.25, 0.3) is 0 Å². The Labute approximate surface area is 150 Å². The van der Waals surface area contributed by atoms with Gasteiger partial charge in [0.1, 0.15) is 5.56 Å². The SMILES string of the molecule is O=C(C1CCOCC1)N1CCC(COc2ncccc2C(F)(F)F)CC1. The number of rotatable bonds is 4. The summed E-state index contributed by atoms with van der Waals surface area (Å²) in [5, 5.41) is 0. The fourth-order valence-corrected chi connectivity index (χ4v) is 3.44. The lowest BCUT2D eigenvalue weighted by Gasteiger charge is -2.35. The molecule has 26 heavy (non-hydrogen) atoms. The number of hydrogen-bond donors (Lipinski definition) is 0. The molecule has 0 radical (unpaired) electrons. The third-order valence-corrected chi connectivity index (χ3v) is 5.03. The van der Waals surface area contributed by atoms with Crippen molar-refractivity contribution in [1.82, 2.24) is 9.88 Å². The average molecular weight is 372 g/mol. The average Bonchev–Trinajstić information content (AvgIpc) is 2.66. The largest absolute Gasteiger partial charge is 0.477 e. The van der Waals surface area contributed by atoms with Crippen LogP contribution in [-0.4, -0.2) is 48.7 Å². The van der Waals surface area contributed by atoms with E-state index in [0.29, 0.717) is 26.3 Å². The number of hydrogen-bond acceptors (Lipinski definition) is 4. The van der Waals surface area contributed by atoms with Gasteiger partial charge in [0.25, 0.3) is 0 Å². The van der Waals surface area contributed by atoms with Gasteiger partial charge in [-0.25, -0.2) is 4.98 Å². The Hall–Kier alpha value is -1.83. The molecule has 1 aromatic heterocycles. The Morgan fingerprint density at radius 2 is 1.92 bits per heavy atom. The van der Waals surface area contributed by atoms with E-state index in [9.17, 15) is 18.0 Å². The third kappa shape index (κ3) is 4.66. The van der Waals surface area contributed by atoms with E-state index < -0.39 is 11.7 Å². The van der Waals surface area contributed by atoms with E-state index >= 15 is 0 Å². The molecule has 2 saturated heterocycles. The van der Waals surface area contributed by atoms with E-state index in [1.165, 1.54) is 12.3 Å². The molecule has 8 heteroatoms. The minimum Gasteiger partial charge on any atom is -0.477 e. The summed E-state index contributed by atoms with van der Waals surface area (Å²) in [6.45, 7) is 2.69. The highest BCUT2D eigenvalue weighted by Gasteiger charge is 2.35. The van der Waals surface area contributed by atoms with Crippen LogP contribution in [0.3, 0.4) is 0 Å². The van der Waals surface area contributed by atoms with Crippen LogP contribution < -0.4 is 4.74 Å². The van der Waals surface area contributed by atoms with Crippen molar-refractivity contribution < 1.29 is 27.4 Å². The number of ether oxygens (including phenoxy) is 2. The van der Waals surface area contributed by atoms with Gasteiger partial charge in [-0.3, -0.25) is 4.79 Å². The molecule has 1 aromatic rings. The number of likely N-dealkylation sites (tertiary alicyclic amines) is 1. The molecule has 144 valence electrons. The summed E-state index contributed by atoms with van der Waals surface area (Å²) in [7, 11) is 0. The lowest BCUT2D eigenvalue weighted by molar-refractivity contribution is -0.141. The molecule has 0 spiro atoms. The zero-order chi connectivity index (χ0) is 18.6. The van der Waals surface area contributed by atoms with Crippen molar-refractivity contribution in [3.8, 4) is 5.88 Å². The minimum atomic E-state index is -4.48. The molecule has 0 bridgehead atoms. The van der Waals surface area contributed by atoms with E-state index in [1.54, 1.807) is 0 Å². The summed E-state index contributed by atoms with van der Waals surface area (Å²) in [6, 6.07) is 2.22. The van der Waals surface area contributed by atoms with Crippen molar-refractivity contribution in [3.05, 3.63) is 23.9 Å². The van der Waals surface area contributed by atoms with E-state index in [4.69, 9.17) is 9.47 Å². The summed E-state index contributed by atoms with van der Waals surface area (Å²) < 4.78 is 49.5. The number of carbonyl (C=O) groups is 1. The highest BCUT2D eigenvalue weighted by atomic mass is 19.4. The molecule has 5 nitrogen and oxygen atoms in total. The van der Waals surface area contributed by atoms with Gasteiger partial charge < -0.3 is 14.4 Å². The molecule has 0 N–H and O–H groups in total. The van der Waals surface area contributed by atoms with Crippen LogP contribution in [0.4, 0.5) is 13.2 Å². The Bertz CT molecular complexity index is 610. The van der Waals surface area contributed by atoms with Crippen molar-refractivity contribution >= 4 is 5.91 Å². The molecule has 2 aliphatic rings. The number of amides is 1. The van der Waals surface area contributed by atoms with Crippen molar-refractivity contribution in [2.45, 2.75) is 31.9 Å². The summed E-state index contributed by atoms with van der Waals surface area (Å²) in [6.07, 6.45) is -0.210. The molecule has 0 saturated carbocycles. The summed E-state index contributed by atoms with van der Waals surface area (Å²) >= 11 is 0. The first-order valence-electron chi connectivity index (χ1n) is 8.96. The zero-order valence-electron chi connectivity index (χ0n) is 14.5. The first kappa shape index (κ1) is 18.9. The summed E-state index contributed by atoms with van der Waals surface area (Å²) in [5.41, 5.74) is -0.855. The van der Waals surface area contributed by atoms with Crippen molar-refractivity contribution in [2.75, 3.05) is 32.9 Å². The zero-order valence-corrected chi connectivity index (χ0v) is 14.5. The highest BCUT2D eigenvalue weighted by Crippen LogP contribution is 2.35. The van der Waals surface area contributed by atoms with Crippen LogP contribution in [-0.2, 0) is 15.7 Å². The first-order chi connectivity index (χ1) is 12.4. The van der Waals surface area contributed by atoms with Crippen LogP contribution in [0.5, 0.6) is 5.88 Å². The van der Waals surface area contributed by atoms with Crippen molar-refractivity contribution in [1.29, 1.82) is 0 Å². The molecular formula is C18H23F3N2O3. The molecule has 0 atom stereocenters. The molecule has 0 unspecified atom stereocenters. The minimum absolute atomic E-state index is 0.0411. The van der Waals surface area contributed by atoms with Crippen LogP contribution in [0, 0.1) is 11.8 Å². The molecule has 2 fully saturated rings. The molecule has 1 amide bonds. The van der Waals surface area contributed by atoms with E-state index in [1.807, 2.05) is 4.90 Å². The van der Waals surface area contributed by atoms with Gasteiger partial charge in [-0.15, -0.1) is 0 Å². The molecule has 2 aliphatic heterocycles. The van der Waals surface area contributed by atoms with Gasteiger partial charge >= 0.3 is 6.18 Å². The van der Waals surface area contributed by atoms with Crippen LogP contribution in [0.15, 0.2) is 18.3 Å². The molecule has 3 heterocycles. The fourth-order valence-electron chi connectivity index (χ4n) is 3.44. The van der Waals surface area contributed by atoms with E-state index in [-0.39, 0.29) is 30.2 Å². The Morgan fingerprint density at radius 3 is 2.58 bits per heavy atom. The summed E-state index contributed by atoms with van der Waals surface area (Å²) in [4.78, 5) is 18.1. The number of alkyl halides is 3. The predicted molar refractivity (Wildman–Crippen MR) is 87.6 cm³/mol. The Morgan fingerprint density at radius 1 is 1.23 bits per heavy atom. The molecule has 0 aromatic carbocycles. The topological polar surface area (TPSA) is 51.7 Å². The molecule has 0 aliphatic carbocycles. The van der Waals surface area contributed by atoms with Gasteiger partial charge in [-0.2, -0.15) is 13.2 Å². The number of halogens is 3. The van der Waals surface area contributed by atoms with Gasteiger partial charge in [0.2, 0.25) is 11.8 Å². The van der Waals surface area contributed by atoms with E-state index in [2.05, 4.69) is 4.98 Å². The van der Waals surface area contributed by atoms with Crippen molar-refractivity contribution in [3.63, 3.8) is 0 Å². The van der Waals surface area contributed by atoms with Crippen LogP contribution in [0.1, 0.15) is 31.2 Å². The quantitative estimate of drug-likeness (QED) is 0.815. The van der Waals surface area contributed by atoms with Gasteiger partial charge in [0.05, 0.1) is 6.61 Å². The second-order valence-corrected chi connectivity index (χ2v) is 6.82. The first-order valence-corrected chi connectivity index (χ1v) is 8.96. The van der Waals surface area contributed by atoms with Gasteiger partial charge in [0, 0.05) is 38.4 Å². The van der Waals surface area contributed by atoms with Crippen LogP contribution >= 0.6 is 0 Å². The Kier molecular flexibility index (Phi) is 6.01. The van der Waals surface area contributed by atoms with Gasteiger partial charge in [-0.1, -0.05) is 0 Å². The monoisotopic (exact) mass is 372 g/mol. The second-order valence-electron chi connectivity index (χ2n) is 6.82. The summed E-state index contributed by atoms with van der Waals surface area (Å²) in [5.74, 6) is -0.0336. The van der Waals surface area contributed by atoms with Crippen molar-refractivity contribution in [2.24, 2.45) is 11.8 Å². The third-order valence-electron chi connectivity index (χ3n) is 5.03. The smallest absolute Gasteiger partial charge is 0.421 e. The fraction of sp³-hybridized carbons (Fsp3) is 0.667. The van der Waals surface area contributed by atoms with Crippen LogP contribution in [0.2, 0.25) is 0 Å². The highest BCUT2D eigenvalue weighted by molar-refractivity contribution is 5.79. The number of carbonyl (C=O) groups excluding carboxylic acids is 1. The lowest BCUT2D eigenvalue weighted by atomic mass is 9.94. The molecular weight excluding hydrogens is 349 g/mol.